The summed E-state index contributed by atoms with van der Waals surface area (Å²) in [6.07, 6.45) is 0.451. The van der Waals surface area contributed by atoms with E-state index in [0.717, 1.165) is 0 Å². The van der Waals surface area contributed by atoms with E-state index in [0.29, 0.717) is 45.6 Å². The molecular formula is C23H21NO5. The Morgan fingerprint density at radius 2 is 1.90 bits per heavy atom. The summed E-state index contributed by atoms with van der Waals surface area (Å²) in [7, 11) is 0. The fourth-order valence-corrected chi connectivity index (χ4v) is 2.88. The van der Waals surface area contributed by atoms with Gasteiger partial charge in [0.15, 0.2) is 5.43 Å². The largest absolute Gasteiger partial charge is 0.490 e. The molecule has 0 N–H and O–H groups in total. The molecule has 0 saturated carbocycles. The van der Waals surface area contributed by atoms with Crippen LogP contribution >= 0.6 is 0 Å². The molecule has 0 bridgehead atoms. The van der Waals surface area contributed by atoms with Crippen LogP contribution in [-0.2, 0) is 17.8 Å². The van der Waals surface area contributed by atoms with Crippen LogP contribution < -0.4 is 10.2 Å². The first kappa shape index (κ1) is 20.2. The summed E-state index contributed by atoms with van der Waals surface area (Å²) in [5.41, 5.74) is 1.49. The molecule has 0 radical (unpaired) electrons. The van der Waals surface area contributed by atoms with Crippen LogP contribution in [0.2, 0.25) is 0 Å². The zero-order valence-corrected chi connectivity index (χ0v) is 16.5. The molecule has 0 saturated heterocycles. The Hall–Kier alpha value is -3.59. The topological polar surface area (TPSA) is 89.5 Å². The smallest absolute Gasteiger partial charge is 0.338 e. The van der Waals surface area contributed by atoms with Crippen molar-refractivity contribution in [3.8, 4) is 11.8 Å². The maximum atomic E-state index is 12.4. The molecule has 1 aromatic heterocycles. The average Bonchev–Trinajstić information content (AvgIpc) is 2.72. The molecule has 0 spiro atoms. The van der Waals surface area contributed by atoms with E-state index in [9.17, 15) is 9.59 Å². The first-order chi connectivity index (χ1) is 13.9. The highest BCUT2D eigenvalue weighted by Crippen LogP contribution is 2.29. The van der Waals surface area contributed by atoms with Crippen molar-refractivity contribution < 1.29 is 18.7 Å². The summed E-state index contributed by atoms with van der Waals surface area (Å²) in [5, 5.41) is 9.28. The molecule has 2 aromatic carbocycles. The van der Waals surface area contributed by atoms with E-state index in [1.165, 1.54) is 18.2 Å². The highest BCUT2D eigenvalue weighted by molar-refractivity contribution is 5.90. The van der Waals surface area contributed by atoms with Crippen molar-refractivity contribution >= 4 is 16.9 Å². The van der Waals surface area contributed by atoms with Crippen LogP contribution in [0.1, 0.15) is 48.0 Å². The lowest BCUT2D eigenvalue weighted by Gasteiger charge is -2.16. The lowest BCUT2D eigenvalue weighted by atomic mass is 10.1. The quantitative estimate of drug-likeness (QED) is 0.580. The number of nitrogens with zero attached hydrogens (tertiary/aromatic N) is 1. The number of hydrogen-bond acceptors (Lipinski definition) is 6. The van der Waals surface area contributed by atoms with Crippen LogP contribution in [-0.4, -0.2) is 12.1 Å². The molecule has 6 heteroatoms. The molecule has 0 unspecified atom stereocenters. The number of hydrogen-bond donors (Lipinski definition) is 0. The van der Waals surface area contributed by atoms with Crippen LogP contribution in [0.4, 0.5) is 0 Å². The molecule has 0 aliphatic rings. The van der Waals surface area contributed by atoms with Gasteiger partial charge in [0, 0.05) is 12.5 Å². The number of rotatable bonds is 6. The highest BCUT2D eigenvalue weighted by atomic mass is 16.5. The minimum Gasteiger partial charge on any atom is -0.490 e. The van der Waals surface area contributed by atoms with Gasteiger partial charge in [0.05, 0.1) is 34.2 Å². The summed E-state index contributed by atoms with van der Waals surface area (Å²) in [6, 6.07) is 13.0. The zero-order chi connectivity index (χ0) is 21.0. The lowest BCUT2D eigenvalue weighted by Crippen LogP contribution is -2.12. The molecule has 0 aliphatic carbocycles. The minimum absolute atomic E-state index is 0.110. The van der Waals surface area contributed by atoms with Gasteiger partial charge >= 0.3 is 5.97 Å². The van der Waals surface area contributed by atoms with Gasteiger partial charge in [-0.2, -0.15) is 5.26 Å². The third-order valence-electron chi connectivity index (χ3n) is 4.32. The number of carbonyl (C=O) groups is 1. The van der Waals surface area contributed by atoms with E-state index in [1.54, 1.807) is 24.3 Å². The summed E-state index contributed by atoms with van der Waals surface area (Å²) in [6.45, 7) is 5.54. The Kier molecular flexibility index (Phi) is 5.99. The third kappa shape index (κ3) is 4.46. The van der Waals surface area contributed by atoms with Gasteiger partial charge in [0.1, 0.15) is 23.7 Å². The van der Waals surface area contributed by atoms with Gasteiger partial charge in [-0.3, -0.25) is 4.79 Å². The number of carbonyl (C=O) groups excluding carboxylic acids is 1. The Labute approximate surface area is 168 Å². The molecule has 0 atom stereocenters. The molecular weight excluding hydrogens is 370 g/mol. The second-order valence-corrected chi connectivity index (χ2v) is 6.78. The Morgan fingerprint density at radius 3 is 2.52 bits per heavy atom. The number of esters is 1. The summed E-state index contributed by atoms with van der Waals surface area (Å²) < 4.78 is 17.2. The summed E-state index contributed by atoms with van der Waals surface area (Å²) in [5.74, 6) is 0.497. The van der Waals surface area contributed by atoms with Crippen LogP contribution in [0.5, 0.6) is 5.75 Å². The Morgan fingerprint density at radius 1 is 1.17 bits per heavy atom. The van der Waals surface area contributed by atoms with Crippen LogP contribution in [0.3, 0.4) is 0 Å². The van der Waals surface area contributed by atoms with Crippen molar-refractivity contribution in [3.05, 3.63) is 75.1 Å². The molecule has 0 aliphatic heterocycles. The van der Waals surface area contributed by atoms with E-state index < -0.39 is 5.97 Å². The van der Waals surface area contributed by atoms with Crippen LogP contribution in [0.15, 0.2) is 51.7 Å². The average molecular weight is 391 g/mol. The standard InChI is InChI=1S/C23H21NO5/c1-4-17-11-20(25)18-9-10-21(28-14(2)3)19(22(18)29-17)13-27-23(26)16-7-5-15(12-24)6-8-16/h5-11,14H,4,13H2,1-3H3. The predicted octanol–water partition coefficient (Wildman–Crippen LogP) is 4.37. The number of nitriles is 1. The number of benzene rings is 2. The Balaban J connectivity index is 1.98. The van der Waals surface area contributed by atoms with E-state index in [2.05, 4.69) is 0 Å². The molecule has 3 aromatic rings. The van der Waals surface area contributed by atoms with Gasteiger partial charge in [-0.15, -0.1) is 0 Å². The fourth-order valence-electron chi connectivity index (χ4n) is 2.88. The van der Waals surface area contributed by atoms with Gasteiger partial charge in [-0.25, -0.2) is 4.79 Å². The summed E-state index contributed by atoms with van der Waals surface area (Å²) in [4.78, 5) is 24.9. The number of fused-ring (bicyclic) bond motifs is 1. The summed E-state index contributed by atoms with van der Waals surface area (Å²) >= 11 is 0. The normalized spacial score (nSPS) is 10.7. The fraction of sp³-hybridized carbons (Fsp3) is 0.261. The van der Waals surface area contributed by atoms with Crippen molar-refractivity contribution in [1.82, 2.24) is 0 Å². The SMILES string of the molecule is CCc1cc(=O)c2ccc(OC(C)C)c(COC(=O)c3ccc(C#N)cc3)c2o1. The molecule has 1 heterocycles. The van der Waals surface area contributed by atoms with Gasteiger partial charge < -0.3 is 13.9 Å². The van der Waals surface area contributed by atoms with Crippen molar-refractivity contribution in [1.29, 1.82) is 5.26 Å². The van der Waals surface area contributed by atoms with E-state index in [1.807, 2.05) is 26.8 Å². The molecule has 6 nitrogen and oxygen atoms in total. The molecule has 29 heavy (non-hydrogen) atoms. The van der Waals surface area contributed by atoms with Gasteiger partial charge in [0.2, 0.25) is 0 Å². The number of aryl methyl sites for hydroxylation is 1. The minimum atomic E-state index is -0.545. The van der Waals surface area contributed by atoms with Crippen molar-refractivity contribution in [2.24, 2.45) is 0 Å². The third-order valence-corrected chi connectivity index (χ3v) is 4.32. The first-order valence-electron chi connectivity index (χ1n) is 9.35. The van der Waals surface area contributed by atoms with E-state index in [4.69, 9.17) is 19.2 Å². The van der Waals surface area contributed by atoms with Gasteiger partial charge in [-0.05, 0) is 50.2 Å². The van der Waals surface area contributed by atoms with Crippen LogP contribution in [0.25, 0.3) is 11.0 Å². The monoisotopic (exact) mass is 391 g/mol. The number of ether oxygens (including phenoxy) is 2. The van der Waals surface area contributed by atoms with Crippen molar-refractivity contribution in [3.63, 3.8) is 0 Å². The lowest BCUT2D eigenvalue weighted by molar-refractivity contribution is 0.0469. The predicted molar refractivity (Wildman–Crippen MR) is 108 cm³/mol. The maximum absolute atomic E-state index is 12.4. The van der Waals surface area contributed by atoms with E-state index >= 15 is 0 Å². The second-order valence-electron chi connectivity index (χ2n) is 6.78. The molecule has 0 amide bonds. The van der Waals surface area contributed by atoms with Crippen molar-refractivity contribution in [2.45, 2.75) is 39.9 Å². The van der Waals surface area contributed by atoms with E-state index in [-0.39, 0.29) is 18.1 Å². The highest BCUT2D eigenvalue weighted by Gasteiger charge is 2.18. The molecule has 148 valence electrons. The Bertz CT molecular complexity index is 1140. The van der Waals surface area contributed by atoms with Crippen LogP contribution in [0, 0.1) is 11.3 Å². The zero-order valence-electron chi connectivity index (χ0n) is 16.5. The maximum Gasteiger partial charge on any atom is 0.338 e. The van der Waals surface area contributed by atoms with Gasteiger partial charge in [0.25, 0.3) is 0 Å². The second kappa shape index (κ2) is 8.61. The van der Waals surface area contributed by atoms with Gasteiger partial charge in [-0.1, -0.05) is 6.92 Å². The molecule has 0 fully saturated rings. The van der Waals surface area contributed by atoms with Crippen molar-refractivity contribution in [2.75, 3.05) is 0 Å². The first-order valence-corrected chi connectivity index (χ1v) is 9.35. The molecule has 3 rings (SSSR count).